The molecule has 0 spiro atoms. The van der Waals surface area contributed by atoms with E-state index in [2.05, 4.69) is 28.2 Å². The third kappa shape index (κ3) is 3.30. The number of likely N-dealkylation sites (tertiary alicyclic amines) is 1. The van der Waals surface area contributed by atoms with E-state index < -0.39 is 0 Å². The van der Waals surface area contributed by atoms with Crippen LogP contribution in [-0.2, 0) is 0 Å². The van der Waals surface area contributed by atoms with E-state index in [1.54, 1.807) is 11.3 Å². The molecule has 0 bridgehead atoms. The number of benzene rings is 1. The first-order valence-corrected chi connectivity index (χ1v) is 8.60. The normalized spacial score (nSPS) is 18.0. The van der Waals surface area contributed by atoms with Gasteiger partial charge in [0.2, 0.25) is 0 Å². The predicted octanol–water partition coefficient (Wildman–Crippen LogP) is 3.47. The third-order valence-electron chi connectivity index (χ3n) is 4.27. The monoisotopic (exact) mass is 304 g/mol. The van der Waals surface area contributed by atoms with Crippen molar-refractivity contribution in [2.75, 3.05) is 30.7 Å². The van der Waals surface area contributed by atoms with Gasteiger partial charge < -0.3 is 11.1 Å². The summed E-state index contributed by atoms with van der Waals surface area (Å²) in [5.41, 5.74) is 9.03. The van der Waals surface area contributed by atoms with E-state index in [0.29, 0.717) is 6.04 Å². The number of nitrogens with zero attached hydrogens (tertiary/aromatic N) is 2. The second kappa shape index (κ2) is 6.20. The highest BCUT2D eigenvalue weighted by Crippen LogP contribution is 2.29. The smallest absolute Gasteiger partial charge is 0.0907 e. The molecule has 0 saturated carbocycles. The van der Waals surface area contributed by atoms with Gasteiger partial charge in [0.1, 0.15) is 0 Å². The Kier molecular flexibility index (Phi) is 4.31. The van der Waals surface area contributed by atoms with Gasteiger partial charge >= 0.3 is 0 Å². The molecule has 5 heteroatoms. The zero-order valence-corrected chi connectivity index (χ0v) is 13.7. The SMILES string of the molecule is Cc1nc2cc(NCC(C)N3CCCCC3)c(N)cc2s1. The number of rotatable bonds is 4. The van der Waals surface area contributed by atoms with Gasteiger partial charge in [-0.25, -0.2) is 4.98 Å². The predicted molar refractivity (Wildman–Crippen MR) is 92.1 cm³/mol. The van der Waals surface area contributed by atoms with Crippen LogP contribution in [0.2, 0.25) is 0 Å². The quantitative estimate of drug-likeness (QED) is 0.849. The van der Waals surface area contributed by atoms with Crippen LogP contribution < -0.4 is 11.1 Å². The Hall–Kier alpha value is -1.33. The Morgan fingerprint density at radius 3 is 2.86 bits per heavy atom. The molecule has 21 heavy (non-hydrogen) atoms. The molecule has 1 aliphatic heterocycles. The lowest BCUT2D eigenvalue weighted by molar-refractivity contribution is 0.180. The maximum atomic E-state index is 6.16. The number of aromatic nitrogens is 1. The van der Waals surface area contributed by atoms with Crippen molar-refractivity contribution in [1.29, 1.82) is 0 Å². The summed E-state index contributed by atoms with van der Waals surface area (Å²) in [7, 11) is 0. The van der Waals surface area contributed by atoms with Crippen LogP contribution in [0.15, 0.2) is 12.1 Å². The van der Waals surface area contributed by atoms with Crippen molar-refractivity contribution in [3.63, 3.8) is 0 Å². The molecular formula is C16H24N4S. The molecule has 2 aromatic rings. The average molecular weight is 304 g/mol. The zero-order valence-electron chi connectivity index (χ0n) is 12.9. The summed E-state index contributed by atoms with van der Waals surface area (Å²) in [4.78, 5) is 7.11. The minimum Gasteiger partial charge on any atom is -0.397 e. The number of nitrogen functional groups attached to an aromatic ring is 1. The molecule has 0 aliphatic carbocycles. The molecule has 114 valence electrons. The Morgan fingerprint density at radius 2 is 2.10 bits per heavy atom. The number of piperidine rings is 1. The zero-order chi connectivity index (χ0) is 14.8. The molecule has 2 heterocycles. The summed E-state index contributed by atoms with van der Waals surface area (Å²) in [6.45, 7) is 7.70. The molecule has 1 aromatic carbocycles. The first kappa shape index (κ1) is 14.6. The maximum absolute atomic E-state index is 6.16. The highest BCUT2D eigenvalue weighted by Gasteiger charge is 2.16. The molecule has 1 aromatic heterocycles. The maximum Gasteiger partial charge on any atom is 0.0907 e. The van der Waals surface area contributed by atoms with Crippen molar-refractivity contribution in [2.45, 2.75) is 39.2 Å². The number of nitrogens with one attached hydrogen (secondary N) is 1. The summed E-state index contributed by atoms with van der Waals surface area (Å²) in [5.74, 6) is 0. The fourth-order valence-electron chi connectivity index (χ4n) is 3.00. The molecule has 1 saturated heterocycles. The number of thiazole rings is 1. The molecule has 0 radical (unpaired) electrons. The van der Waals surface area contributed by atoms with Gasteiger partial charge in [0, 0.05) is 12.6 Å². The van der Waals surface area contributed by atoms with Gasteiger partial charge in [0.05, 0.1) is 26.6 Å². The third-order valence-corrected chi connectivity index (χ3v) is 5.20. The van der Waals surface area contributed by atoms with Gasteiger partial charge in [-0.15, -0.1) is 11.3 Å². The van der Waals surface area contributed by atoms with Crippen LogP contribution in [0, 0.1) is 6.92 Å². The van der Waals surface area contributed by atoms with Crippen LogP contribution in [0.5, 0.6) is 0 Å². The average Bonchev–Trinajstić information content (AvgIpc) is 2.84. The van der Waals surface area contributed by atoms with Gasteiger partial charge in [-0.2, -0.15) is 0 Å². The lowest BCUT2D eigenvalue weighted by atomic mass is 10.1. The van der Waals surface area contributed by atoms with Gasteiger partial charge in [0.25, 0.3) is 0 Å². The standard InChI is InChI=1S/C16H24N4S/c1-11(20-6-4-3-5-7-20)10-18-14-9-15-16(8-13(14)17)21-12(2)19-15/h8-9,11,18H,3-7,10,17H2,1-2H3. The van der Waals surface area contributed by atoms with E-state index in [-0.39, 0.29) is 0 Å². The summed E-state index contributed by atoms with van der Waals surface area (Å²) >= 11 is 1.69. The summed E-state index contributed by atoms with van der Waals surface area (Å²) in [6.07, 6.45) is 4.04. The van der Waals surface area contributed by atoms with E-state index in [4.69, 9.17) is 5.73 Å². The van der Waals surface area contributed by atoms with Crippen molar-refractivity contribution in [1.82, 2.24) is 9.88 Å². The summed E-state index contributed by atoms with van der Waals surface area (Å²) < 4.78 is 1.17. The van der Waals surface area contributed by atoms with E-state index in [1.807, 2.05) is 13.0 Å². The van der Waals surface area contributed by atoms with E-state index >= 15 is 0 Å². The van der Waals surface area contributed by atoms with E-state index in [0.717, 1.165) is 28.4 Å². The molecule has 1 atom stereocenters. The number of nitrogens with two attached hydrogens (primary N) is 1. The number of hydrogen-bond acceptors (Lipinski definition) is 5. The lowest BCUT2D eigenvalue weighted by Gasteiger charge is -2.32. The van der Waals surface area contributed by atoms with Crippen molar-refractivity contribution in [3.05, 3.63) is 17.1 Å². The topological polar surface area (TPSA) is 54.2 Å². The highest BCUT2D eigenvalue weighted by molar-refractivity contribution is 7.18. The molecule has 1 unspecified atom stereocenters. The van der Waals surface area contributed by atoms with Gasteiger partial charge in [-0.3, -0.25) is 4.90 Å². The second-order valence-corrected chi connectivity index (χ2v) is 7.20. The second-order valence-electron chi connectivity index (χ2n) is 5.97. The highest BCUT2D eigenvalue weighted by atomic mass is 32.1. The number of fused-ring (bicyclic) bond motifs is 1. The number of anilines is 2. The van der Waals surface area contributed by atoms with Crippen molar-refractivity contribution < 1.29 is 0 Å². The first-order valence-electron chi connectivity index (χ1n) is 7.78. The van der Waals surface area contributed by atoms with Crippen molar-refractivity contribution >= 4 is 32.9 Å². The van der Waals surface area contributed by atoms with Gasteiger partial charge in [0.15, 0.2) is 0 Å². The molecule has 0 amide bonds. The molecule has 1 aliphatic rings. The Bertz CT molecular complexity index is 616. The van der Waals surface area contributed by atoms with Crippen molar-refractivity contribution in [2.24, 2.45) is 0 Å². The van der Waals surface area contributed by atoms with E-state index in [1.165, 1.54) is 37.1 Å². The van der Waals surface area contributed by atoms with Crippen LogP contribution in [0.25, 0.3) is 10.2 Å². The summed E-state index contributed by atoms with van der Waals surface area (Å²) in [5, 5.41) is 4.60. The van der Waals surface area contributed by atoms with Crippen LogP contribution in [0.3, 0.4) is 0 Å². The van der Waals surface area contributed by atoms with Crippen LogP contribution in [0.1, 0.15) is 31.2 Å². The Morgan fingerprint density at radius 1 is 1.33 bits per heavy atom. The fraction of sp³-hybridized carbons (Fsp3) is 0.562. The van der Waals surface area contributed by atoms with E-state index in [9.17, 15) is 0 Å². The van der Waals surface area contributed by atoms with Crippen LogP contribution in [0.4, 0.5) is 11.4 Å². The Balaban J connectivity index is 1.67. The molecule has 4 nitrogen and oxygen atoms in total. The minimum atomic E-state index is 0.539. The largest absolute Gasteiger partial charge is 0.397 e. The van der Waals surface area contributed by atoms with Crippen LogP contribution >= 0.6 is 11.3 Å². The van der Waals surface area contributed by atoms with Gasteiger partial charge in [-0.05, 0) is 51.9 Å². The molecule has 3 N–H and O–H groups in total. The minimum absolute atomic E-state index is 0.539. The molecule has 3 rings (SSSR count). The number of hydrogen-bond donors (Lipinski definition) is 2. The summed E-state index contributed by atoms with van der Waals surface area (Å²) in [6, 6.07) is 4.66. The lowest BCUT2D eigenvalue weighted by Crippen LogP contribution is -2.41. The fourth-order valence-corrected chi connectivity index (χ4v) is 3.86. The van der Waals surface area contributed by atoms with Crippen molar-refractivity contribution in [3.8, 4) is 0 Å². The van der Waals surface area contributed by atoms with Crippen LogP contribution in [-0.4, -0.2) is 35.6 Å². The molecule has 1 fully saturated rings. The first-order chi connectivity index (χ1) is 10.1. The molecular weight excluding hydrogens is 280 g/mol. The Labute approximate surface area is 130 Å². The van der Waals surface area contributed by atoms with Gasteiger partial charge in [-0.1, -0.05) is 6.42 Å². The number of aryl methyl sites for hydroxylation is 1.